The van der Waals surface area contributed by atoms with E-state index in [-0.39, 0.29) is 11.2 Å². The van der Waals surface area contributed by atoms with Crippen LogP contribution in [-0.2, 0) is 12.4 Å². The van der Waals surface area contributed by atoms with Crippen molar-refractivity contribution in [1.82, 2.24) is 9.97 Å². The summed E-state index contributed by atoms with van der Waals surface area (Å²) >= 11 is 5.44. The lowest BCUT2D eigenvalue weighted by molar-refractivity contribution is -0.144. The zero-order chi connectivity index (χ0) is 14.4. The summed E-state index contributed by atoms with van der Waals surface area (Å²) in [5.74, 6) is 0. The fourth-order valence-electron chi connectivity index (χ4n) is 1.46. The highest BCUT2D eigenvalue weighted by molar-refractivity contribution is 6.29. The van der Waals surface area contributed by atoms with E-state index in [2.05, 4.69) is 9.97 Å². The van der Waals surface area contributed by atoms with Crippen LogP contribution in [0.1, 0.15) is 11.3 Å². The van der Waals surface area contributed by atoms with Gasteiger partial charge < -0.3 is 0 Å². The van der Waals surface area contributed by atoms with E-state index in [9.17, 15) is 26.3 Å². The van der Waals surface area contributed by atoms with Gasteiger partial charge in [-0.3, -0.25) is 0 Å². The molecule has 19 heavy (non-hydrogen) atoms. The van der Waals surface area contributed by atoms with E-state index in [0.29, 0.717) is 0 Å². The number of nitrogens with zero attached hydrogens (tertiary/aromatic N) is 2. The standard InChI is InChI=1S/C10H3ClF6N2/c11-7-2-1-4-5(9(12,13)14)3-6(10(15,16)17)18-8(4)19-7/h1-3H. The molecule has 0 radical (unpaired) electrons. The highest BCUT2D eigenvalue weighted by Crippen LogP contribution is 2.38. The molecule has 102 valence electrons. The van der Waals surface area contributed by atoms with Gasteiger partial charge in [0.1, 0.15) is 10.8 Å². The third kappa shape index (κ3) is 2.73. The molecule has 0 aliphatic rings. The molecule has 0 saturated carbocycles. The monoisotopic (exact) mass is 300 g/mol. The molecule has 0 spiro atoms. The minimum Gasteiger partial charge on any atom is -0.224 e. The molecule has 2 aromatic rings. The van der Waals surface area contributed by atoms with Gasteiger partial charge in [-0.05, 0) is 18.2 Å². The molecule has 0 atom stereocenters. The van der Waals surface area contributed by atoms with E-state index in [1.807, 2.05) is 0 Å². The van der Waals surface area contributed by atoms with Gasteiger partial charge in [-0.1, -0.05) is 11.6 Å². The Morgan fingerprint density at radius 3 is 2.05 bits per heavy atom. The van der Waals surface area contributed by atoms with Gasteiger partial charge in [-0.2, -0.15) is 26.3 Å². The number of fused-ring (bicyclic) bond motifs is 1. The number of pyridine rings is 2. The number of halogens is 7. The summed E-state index contributed by atoms with van der Waals surface area (Å²) in [6, 6.07) is 1.94. The van der Waals surface area contributed by atoms with Crippen molar-refractivity contribution in [2.75, 3.05) is 0 Å². The summed E-state index contributed by atoms with van der Waals surface area (Å²) in [7, 11) is 0. The van der Waals surface area contributed by atoms with Crippen LogP contribution in [0.4, 0.5) is 26.3 Å². The summed E-state index contributed by atoms with van der Waals surface area (Å²) in [5, 5.41) is -0.780. The maximum absolute atomic E-state index is 12.7. The summed E-state index contributed by atoms with van der Waals surface area (Å²) in [5.41, 5.74) is -3.81. The first kappa shape index (κ1) is 13.9. The molecule has 9 heteroatoms. The third-order valence-corrected chi connectivity index (χ3v) is 2.45. The molecule has 0 amide bonds. The van der Waals surface area contributed by atoms with E-state index in [0.717, 1.165) is 12.1 Å². The van der Waals surface area contributed by atoms with E-state index >= 15 is 0 Å². The zero-order valence-electron chi connectivity index (χ0n) is 8.77. The van der Waals surface area contributed by atoms with Crippen LogP contribution in [0.15, 0.2) is 18.2 Å². The SMILES string of the molecule is FC(F)(F)c1cc(C(F)(F)F)c2ccc(Cl)nc2n1. The van der Waals surface area contributed by atoms with Crippen molar-refractivity contribution < 1.29 is 26.3 Å². The van der Waals surface area contributed by atoms with E-state index < -0.39 is 34.6 Å². The molecule has 0 N–H and O–H groups in total. The van der Waals surface area contributed by atoms with Crippen LogP contribution in [0.3, 0.4) is 0 Å². The Kier molecular flexibility index (Phi) is 3.08. The third-order valence-electron chi connectivity index (χ3n) is 2.23. The number of hydrogen-bond donors (Lipinski definition) is 0. The van der Waals surface area contributed by atoms with Gasteiger partial charge in [-0.25, -0.2) is 9.97 Å². The van der Waals surface area contributed by atoms with Gasteiger partial charge in [0.2, 0.25) is 0 Å². The van der Waals surface area contributed by atoms with Crippen molar-refractivity contribution in [3.8, 4) is 0 Å². The molecular weight excluding hydrogens is 298 g/mol. The molecular formula is C10H3ClF6N2. The van der Waals surface area contributed by atoms with E-state index in [1.54, 1.807) is 0 Å². The maximum atomic E-state index is 12.7. The Balaban J connectivity index is 2.84. The molecule has 0 unspecified atom stereocenters. The number of aromatic nitrogens is 2. The first-order valence-electron chi connectivity index (χ1n) is 4.71. The average Bonchev–Trinajstić information content (AvgIpc) is 2.24. The van der Waals surface area contributed by atoms with Gasteiger partial charge >= 0.3 is 12.4 Å². The van der Waals surface area contributed by atoms with Crippen molar-refractivity contribution in [2.45, 2.75) is 12.4 Å². The average molecular weight is 301 g/mol. The van der Waals surface area contributed by atoms with E-state index in [4.69, 9.17) is 11.6 Å². The predicted molar refractivity (Wildman–Crippen MR) is 54.6 cm³/mol. The van der Waals surface area contributed by atoms with Crippen molar-refractivity contribution in [1.29, 1.82) is 0 Å². The predicted octanol–water partition coefficient (Wildman–Crippen LogP) is 4.32. The molecule has 2 heterocycles. The molecule has 0 bridgehead atoms. The Morgan fingerprint density at radius 1 is 0.895 bits per heavy atom. The summed E-state index contributed by atoms with van der Waals surface area (Å²) in [4.78, 5) is 6.44. The van der Waals surface area contributed by atoms with Crippen LogP contribution < -0.4 is 0 Å². The van der Waals surface area contributed by atoms with Gasteiger partial charge in [0.25, 0.3) is 0 Å². The van der Waals surface area contributed by atoms with Crippen LogP contribution in [-0.4, -0.2) is 9.97 Å². The molecule has 0 aliphatic carbocycles. The van der Waals surface area contributed by atoms with Gasteiger partial charge in [0, 0.05) is 5.39 Å². The summed E-state index contributed by atoms with van der Waals surface area (Å²) < 4.78 is 75.7. The maximum Gasteiger partial charge on any atom is 0.433 e. The molecule has 0 saturated heterocycles. The van der Waals surface area contributed by atoms with E-state index in [1.165, 1.54) is 0 Å². The molecule has 2 rings (SSSR count). The van der Waals surface area contributed by atoms with Gasteiger partial charge in [0.15, 0.2) is 5.65 Å². The second kappa shape index (κ2) is 4.22. The minimum atomic E-state index is -5.00. The van der Waals surface area contributed by atoms with Gasteiger partial charge in [-0.15, -0.1) is 0 Å². The Hall–Kier alpha value is -1.57. The second-order valence-corrected chi connectivity index (χ2v) is 3.94. The lowest BCUT2D eigenvalue weighted by Gasteiger charge is -2.13. The molecule has 0 fully saturated rings. The quantitative estimate of drug-likeness (QED) is 0.535. The Labute approximate surface area is 107 Å². The fourth-order valence-corrected chi connectivity index (χ4v) is 1.60. The molecule has 2 nitrogen and oxygen atoms in total. The lowest BCUT2D eigenvalue weighted by atomic mass is 10.1. The van der Waals surface area contributed by atoms with Crippen molar-refractivity contribution in [2.24, 2.45) is 0 Å². The highest BCUT2D eigenvalue weighted by atomic mass is 35.5. The number of hydrogen-bond acceptors (Lipinski definition) is 2. The lowest BCUT2D eigenvalue weighted by Crippen LogP contribution is -2.14. The van der Waals surface area contributed by atoms with Gasteiger partial charge in [0.05, 0.1) is 5.56 Å². The fraction of sp³-hybridized carbons (Fsp3) is 0.200. The highest BCUT2D eigenvalue weighted by Gasteiger charge is 2.39. The van der Waals surface area contributed by atoms with Crippen LogP contribution >= 0.6 is 11.6 Å². The molecule has 2 aromatic heterocycles. The zero-order valence-corrected chi connectivity index (χ0v) is 9.53. The molecule has 0 aromatic carbocycles. The van der Waals surface area contributed by atoms with Crippen LogP contribution in [0.25, 0.3) is 11.0 Å². The van der Waals surface area contributed by atoms with Crippen LogP contribution in [0, 0.1) is 0 Å². The Morgan fingerprint density at radius 2 is 1.53 bits per heavy atom. The summed E-state index contributed by atoms with van der Waals surface area (Å²) in [6.45, 7) is 0. The number of rotatable bonds is 0. The van der Waals surface area contributed by atoms with Crippen molar-refractivity contribution >= 4 is 22.6 Å². The van der Waals surface area contributed by atoms with Crippen molar-refractivity contribution in [3.63, 3.8) is 0 Å². The topological polar surface area (TPSA) is 25.8 Å². The Bertz CT molecular complexity index is 634. The smallest absolute Gasteiger partial charge is 0.224 e. The van der Waals surface area contributed by atoms with Crippen LogP contribution in [0.5, 0.6) is 0 Å². The van der Waals surface area contributed by atoms with Crippen molar-refractivity contribution in [3.05, 3.63) is 34.6 Å². The normalized spacial score (nSPS) is 13.0. The number of alkyl halides is 6. The molecule has 0 aliphatic heterocycles. The van der Waals surface area contributed by atoms with Crippen LogP contribution in [0.2, 0.25) is 5.15 Å². The first-order valence-corrected chi connectivity index (χ1v) is 5.08. The first-order chi connectivity index (χ1) is 8.59. The largest absolute Gasteiger partial charge is 0.433 e. The summed E-state index contributed by atoms with van der Waals surface area (Å²) in [6.07, 6.45) is -9.95. The minimum absolute atomic E-state index is 0.0437. The second-order valence-electron chi connectivity index (χ2n) is 3.56.